The highest BCUT2D eigenvalue weighted by Crippen LogP contribution is 2.07. The molecule has 2 heterocycles. The van der Waals surface area contributed by atoms with Gasteiger partial charge in [-0.05, 0) is 22.4 Å². The number of aromatic nitrogens is 3. The molecule has 0 aliphatic heterocycles. The summed E-state index contributed by atoms with van der Waals surface area (Å²) in [6, 6.07) is 5.12. The van der Waals surface area contributed by atoms with Crippen LogP contribution in [0.25, 0.3) is 0 Å². The highest BCUT2D eigenvalue weighted by Gasteiger charge is 2.15. The van der Waals surface area contributed by atoms with Gasteiger partial charge in [-0.15, -0.1) is 0 Å². The van der Waals surface area contributed by atoms with E-state index in [9.17, 15) is 4.79 Å². The molecule has 0 fully saturated rings. The molecule has 2 aromatic rings. The summed E-state index contributed by atoms with van der Waals surface area (Å²) in [5.41, 5.74) is 5.29. The average molecular weight is 205 g/mol. The molecule has 0 radical (unpaired) electrons. The number of pyridine rings is 1. The van der Waals surface area contributed by atoms with Crippen LogP contribution in [-0.4, -0.2) is 21.2 Å². The molecule has 0 atom stereocenters. The average Bonchev–Trinajstić information content (AvgIpc) is 2.66. The molecule has 0 aromatic carbocycles. The van der Waals surface area contributed by atoms with Gasteiger partial charge in [-0.1, -0.05) is 6.07 Å². The fourth-order valence-corrected chi connectivity index (χ4v) is 0.965. The minimum atomic E-state index is -0.507. The smallest absolute Gasteiger partial charge is 0.282 e. The highest BCUT2D eigenvalue weighted by molar-refractivity contribution is 6.04. The zero-order chi connectivity index (χ0) is 10.7. The van der Waals surface area contributed by atoms with E-state index in [0.29, 0.717) is 5.82 Å². The number of nitrogen functional groups attached to an aromatic ring is 1. The van der Waals surface area contributed by atoms with Crippen LogP contribution in [0.4, 0.5) is 11.6 Å². The van der Waals surface area contributed by atoms with Crippen molar-refractivity contribution in [3.63, 3.8) is 0 Å². The molecule has 0 unspecified atom stereocenters. The minimum Gasteiger partial charge on any atom is -0.379 e. The molecular formula is C8H7N5O2. The Hall–Kier alpha value is -2.44. The molecule has 2 aromatic heterocycles. The molecule has 7 heteroatoms. The Morgan fingerprint density at radius 2 is 2.27 bits per heavy atom. The number of hydrogen-bond donors (Lipinski definition) is 2. The van der Waals surface area contributed by atoms with E-state index in [-0.39, 0.29) is 11.5 Å². The van der Waals surface area contributed by atoms with E-state index in [1.165, 1.54) is 0 Å². The van der Waals surface area contributed by atoms with E-state index in [2.05, 4.69) is 25.2 Å². The molecule has 76 valence electrons. The fourth-order valence-electron chi connectivity index (χ4n) is 0.965. The van der Waals surface area contributed by atoms with E-state index in [4.69, 9.17) is 5.73 Å². The third kappa shape index (κ3) is 1.90. The van der Waals surface area contributed by atoms with Gasteiger partial charge in [0.25, 0.3) is 5.91 Å². The summed E-state index contributed by atoms with van der Waals surface area (Å²) in [6.07, 6.45) is 1.56. The summed E-state index contributed by atoms with van der Waals surface area (Å²) in [7, 11) is 0. The lowest BCUT2D eigenvalue weighted by molar-refractivity contribution is 0.101. The Morgan fingerprint density at radius 1 is 1.40 bits per heavy atom. The van der Waals surface area contributed by atoms with Gasteiger partial charge in [0, 0.05) is 6.20 Å². The van der Waals surface area contributed by atoms with Crippen LogP contribution in [-0.2, 0) is 0 Å². The number of carbonyl (C=O) groups is 1. The molecule has 0 aliphatic rings. The van der Waals surface area contributed by atoms with Gasteiger partial charge >= 0.3 is 0 Å². The molecule has 1 amide bonds. The molecule has 0 saturated carbocycles. The summed E-state index contributed by atoms with van der Waals surface area (Å²) >= 11 is 0. The molecule has 7 nitrogen and oxygen atoms in total. The number of nitrogens with zero attached hydrogens (tertiary/aromatic N) is 3. The quantitative estimate of drug-likeness (QED) is 0.730. The summed E-state index contributed by atoms with van der Waals surface area (Å²) in [5, 5.41) is 9.14. The first kappa shape index (κ1) is 9.13. The van der Waals surface area contributed by atoms with Crippen LogP contribution in [0.15, 0.2) is 29.0 Å². The molecular weight excluding hydrogens is 198 g/mol. The third-order valence-corrected chi connectivity index (χ3v) is 1.64. The molecule has 0 saturated heterocycles. The van der Waals surface area contributed by atoms with Gasteiger partial charge in [-0.2, -0.15) is 0 Å². The maximum absolute atomic E-state index is 11.5. The lowest BCUT2D eigenvalue weighted by Gasteiger charge is -1.99. The topological polar surface area (TPSA) is 107 Å². The first-order valence-corrected chi connectivity index (χ1v) is 4.08. The van der Waals surface area contributed by atoms with Crippen LogP contribution < -0.4 is 11.1 Å². The fraction of sp³-hybridized carbons (Fsp3) is 0. The second-order valence-electron chi connectivity index (χ2n) is 2.67. The van der Waals surface area contributed by atoms with Gasteiger partial charge < -0.3 is 11.1 Å². The van der Waals surface area contributed by atoms with Crippen molar-refractivity contribution in [2.24, 2.45) is 0 Å². The number of hydrogen-bond acceptors (Lipinski definition) is 6. The van der Waals surface area contributed by atoms with E-state index in [1.54, 1.807) is 24.4 Å². The first-order valence-electron chi connectivity index (χ1n) is 4.08. The van der Waals surface area contributed by atoms with Crippen molar-refractivity contribution in [3.8, 4) is 0 Å². The summed E-state index contributed by atoms with van der Waals surface area (Å²) < 4.78 is 4.30. The molecule has 2 rings (SSSR count). The normalized spacial score (nSPS) is 9.87. The second kappa shape index (κ2) is 3.74. The van der Waals surface area contributed by atoms with Gasteiger partial charge in [-0.3, -0.25) is 4.79 Å². The van der Waals surface area contributed by atoms with Crippen LogP contribution in [0.1, 0.15) is 10.5 Å². The van der Waals surface area contributed by atoms with Crippen molar-refractivity contribution in [1.29, 1.82) is 0 Å². The van der Waals surface area contributed by atoms with E-state index < -0.39 is 5.91 Å². The van der Waals surface area contributed by atoms with Crippen LogP contribution >= 0.6 is 0 Å². The number of nitrogens with one attached hydrogen (secondary N) is 1. The van der Waals surface area contributed by atoms with Gasteiger partial charge in [0.1, 0.15) is 5.82 Å². The van der Waals surface area contributed by atoms with Crippen LogP contribution in [0.3, 0.4) is 0 Å². The Morgan fingerprint density at radius 3 is 2.87 bits per heavy atom. The maximum atomic E-state index is 11.5. The van der Waals surface area contributed by atoms with Gasteiger partial charge in [0.05, 0.1) is 0 Å². The van der Waals surface area contributed by atoms with Crippen LogP contribution in [0.2, 0.25) is 0 Å². The third-order valence-electron chi connectivity index (χ3n) is 1.64. The highest BCUT2D eigenvalue weighted by atomic mass is 16.6. The zero-order valence-electron chi connectivity index (χ0n) is 7.54. The van der Waals surface area contributed by atoms with E-state index in [1.807, 2.05) is 0 Å². The maximum Gasteiger partial charge on any atom is 0.282 e. The molecule has 15 heavy (non-hydrogen) atoms. The number of anilines is 2. The van der Waals surface area contributed by atoms with Crippen LogP contribution in [0, 0.1) is 0 Å². The lowest BCUT2D eigenvalue weighted by atomic mass is 10.4. The predicted molar refractivity (Wildman–Crippen MR) is 50.9 cm³/mol. The summed E-state index contributed by atoms with van der Waals surface area (Å²) in [5.74, 6) is -0.152. The number of amides is 1. The van der Waals surface area contributed by atoms with Crippen molar-refractivity contribution in [1.82, 2.24) is 15.3 Å². The van der Waals surface area contributed by atoms with E-state index >= 15 is 0 Å². The first-order chi connectivity index (χ1) is 7.27. The number of carbonyl (C=O) groups excluding carboxylic acids is 1. The van der Waals surface area contributed by atoms with Crippen molar-refractivity contribution in [3.05, 3.63) is 30.1 Å². The summed E-state index contributed by atoms with van der Waals surface area (Å²) in [6.45, 7) is 0. The summed E-state index contributed by atoms with van der Waals surface area (Å²) in [4.78, 5) is 15.4. The van der Waals surface area contributed by atoms with Crippen LogP contribution in [0.5, 0.6) is 0 Å². The standard InChI is InChI=1S/C8H7N5O2/c9-7-6(12-15-13-7)8(14)11-5-3-1-2-4-10-5/h1-4H,(H2,9,13)(H,10,11,14). The van der Waals surface area contributed by atoms with Crippen molar-refractivity contribution in [2.45, 2.75) is 0 Å². The lowest BCUT2D eigenvalue weighted by Crippen LogP contribution is -2.14. The van der Waals surface area contributed by atoms with Crippen molar-refractivity contribution in [2.75, 3.05) is 11.1 Å². The van der Waals surface area contributed by atoms with Crippen molar-refractivity contribution >= 4 is 17.5 Å². The molecule has 0 aliphatic carbocycles. The van der Waals surface area contributed by atoms with Gasteiger partial charge in [0.15, 0.2) is 0 Å². The molecule has 3 N–H and O–H groups in total. The van der Waals surface area contributed by atoms with Gasteiger partial charge in [0.2, 0.25) is 11.5 Å². The van der Waals surface area contributed by atoms with Gasteiger partial charge in [-0.25, -0.2) is 9.61 Å². The largest absolute Gasteiger partial charge is 0.379 e. The Labute approximate surface area is 84.3 Å². The Kier molecular flexibility index (Phi) is 2.28. The predicted octanol–water partition coefficient (Wildman–Crippen LogP) is 0.299. The SMILES string of the molecule is Nc1nonc1C(=O)Nc1ccccn1. The molecule has 0 bridgehead atoms. The van der Waals surface area contributed by atoms with E-state index in [0.717, 1.165) is 0 Å². The minimum absolute atomic E-state index is 0.0524. The Bertz CT molecular complexity index is 467. The van der Waals surface area contributed by atoms with Crippen molar-refractivity contribution < 1.29 is 9.42 Å². The number of nitrogens with two attached hydrogens (primary N) is 1. The monoisotopic (exact) mass is 205 g/mol. The zero-order valence-corrected chi connectivity index (χ0v) is 7.54. The number of rotatable bonds is 2. The Balaban J connectivity index is 2.15. The second-order valence-corrected chi connectivity index (χ2v) is 2.67. The molecule has 0 spiro atoms.